The quantitative estimate of drug-likeness (QED) is 0.708. The van der Waals surface area contributed by atoms with Crippen molar-refractivity contribution in [2.24, 2.45) is 0 Å². The van der Waals surface area contributed by atoms with Crippen molar-refractivity contribution in [3.63, 3.8) is 0 Å². The summed E-state index contributed by atoms with van der Waals surface area (Å²) in [5.74, 6) is -0.857. The number of carbonyl (C=O) groups is 1. The largest absolute Gasteiger partial charge is 0.486 e. The van der Waals surface area contributed by atoms with Crippen LogP contribution in [0.5, 0.6) is 5.75 Å². The molecule has 1 aromatic heterocycles. The van der Waals surface area contributed by atoms with Crippen molar-refractivity contribution in [1.29, 1.82) is 0 Å². The fourth-order valence-corrected chi connectivity index (χ4v) is 2.38. The molecule has 0 saturated carbocycles. The van der Waals surface area contributed by atoms with Crippen molar-refractivity contribution in [3.05, 3.63) is 82.2 Å². The zero-order valence-corrected chi connectivity index (χ0v) is 14.9. The predicted molar refractivity (Wildman–Crippen MR) is 94.3 cm³/mol. The number of nitrogens with one attached hydrogen (secondary N) is 1. The molecule has 0 unspecified atom stereocenters. The number of amides is 1. The van der Waals surface area contributed by atoms with E-state index in [1.165, 1.54) is 17.7 Å². The summed E-state index contributed by atoms with van der Waals surface area (Å²) in [5.41, 5.74) is 2.50. The zero-order chi connectivity index (χ0) is 19.4. The summed E-state index contributed by atoms with van der Waals surface area (Å²) in [6.07, 6.45) is 0. The van der Waals surface area contributed by atoms with Gasteiger partial charge in [0.15, 0.2) is 11.5 Å². The maximum absolute atomic E-state index is 13.6. The molecule has 27 heavy (non-hydrogen) atoms. The summed E-state index contributed by atoms with van der Waals surface area (Å²) in [7, 11) is 0. The highest BCUT2D eigenvalue weighted by atomic mass is 19.1. The first-order chi connectivity index (χ1) is 12.9. The molecule has 0 saturated heterocycles. The minimum Gasteiger partial charge on any atom is -0.486 e. The van der Waals surface area contributed by atoms with E-state index in [1.54, 1.807) is 0 Å². The summed E-state index contributed by atoms with van der Waals surface area (Å²) in [6, 6.07) is 10.3. The van der Waals surface area contributed by atoms with Crippen LogP contribution < -0.4 is 10.1 Å². The van der Waals surface area contributed by atoms with Crippen molar-refractivity contribution in [1.82, 2.24) is 10.5 Å². The Labute approximate surface area is 154 Å². The average molecular weight is 372 g/mol. The summed E-state index contributed by atoms with van der Waals surface area (Å²) in [4.78, 5) is 12.1. The highest BCUT2D eigenvalue weighted by Crippen LogP contribution is 2.18. The Kier molecular flexibility index (Phi) is 5.49. The highest BCUT2D eigenvalue weighted by molar-refractivity contribution is 5.92. The van der Waals surface area contributed by atoms with Gasteiger partial charge in [0.25, 0.3) is 5.91 Å². The molecule has 0 spiro atoms. The van der Waals surface area contributed by atoms with E-state index in [0.717, 1.165) is 17.7 Å². The smallest absolute Gasteiger partial charge is 0.273 e. The monoisotopic (exact) mass is 372 g/mol. The van der Waals surface area contributed by atoms with Crippen molar-refractivity contribution in [3.8, 4) is 5.75 Å². The Hall–Kier alpha value is -3.22. The van der Waals surface area contributed by atoms with E-state index in [4.69, 9.17) is 9.26 Å². The molecule has 0 atom stereocenters. The lowest BCUT2D eigenvalue weighted by molar-refractivity contribution is 0.0941. The van der Waals surface area contributed by atoms with E-state index >= 15 is 0 Å². The molecule has 0 bridgehead atoms. The molecule has 3 aromatic rings. The van der Waals surface area contributed by atoms with Gasteiger partial charge in [0.05, 0.1) is 0 Å². The maximum Gasteiger partial charge on any atom is 0.273 e. The zero-order valence-electron chi connectivity index (χ0n) is 14.9. The van der Waals surface area contributed by atoms with Crippen LogP contribution >= 0.6 is 0 Å². The van der Waals surface area contributed by atoms with Crippen molar-refractivity contribution < 1.29 is 22.8 Å². The molecule has 0 aliphatic heterocycles. The number of benzene rings is 2. The molecule has 1 heterocycles. The van der Waals surface area contributed by atoms with Crippen molar-refractivity contribution >= 4 is 5.91 Å². The first kappa shape index (κ1) is 18.6. The van der Waals surface area contributed by atoms with Crippen molar-refractivity contribution in [2.75, 3.05) is 0 Å². The fourth-order valence-electron chi connectivity index (χ4n) is 2.38. The molecule has 1 amide bonds. The van der Waals surface area contributed by atoms with E-state index < -0.39 is 17.5 Å². The molecule has 0 aliphatic rings. The van der Waals surface area contributed by atoms with Gasteiger partial charge in [0, 0.05) is 24.2 Å². The Morgan fingerprint density at radius 1 is 1.11 bits per heavy atom. The van der Waals surface area contributed by atoms with Gasteiger partial charge in [-0.05, 0) is 43.2 Å². The number of hydrogen-bond acceptors (Lipinski definition) is 4. The summed E-state index contributed by atoms with van der Waals surface area (Å²) in [5, 5.41) is 6.20. The van der Waals surface area contributed by atoms with Gasteiger partial charge in [0.2, 0.25) is 0 Å². The third-order valence-electron chi connectivity index (χ3n) is 4.11. The molecular formula is C20H18F2N2O3. The minimum absolute atomic E-state index is 0.0520. The molecule has 0 fully saturated rings. The number of rotatable bonds is 6. The molecule has 0 radical (unpaired) electrons. The second-order valence-electron chi connectivity index (χ2n) is 6.13. The summed E-state index contributed by atoms with van der Waals surface area (Å²) < 4.78 is 37.2. The van der Waals surface area contributed by atoms with Crippen LogP contribution in [0, 0.1) is 25.5 Å². The highest BCUT2D eigenvalue weighted by Gasteiger charge is 2.14. The Bertz CT molecular complexity index is 970. The Balaban J connectivity index is 1.56. The number of aromatic nitrogens is 1. The van der Waals surface area contributed by atoms with Gasteiger partial charge < -0.3 is 14.6 Å². The molecule has 2 aromatic carbocycles. The van der Waals surface area contributed by atoms with E-state index in [-0.39, 0.29) is 24.4 Å². The number of nitrogens with zero attached hydrogens (tertiary/aromatic N) is 1. The van der Waals surface area contributed by atoms with Gasteiger partial charge in [0.1, 0.15) is 24.0 Å². The standard InChI is InChI=1S/C20H18F2N2O3/c1-12-3-6-16(7-13(12)2)26-11-17-9-19(24-27-17)20(25)23-10-14-4-5-15(21)8-18(14)22/h3-9H,10-11H2,1-2H3,(H,23,25). The third kappa shape index (κ3) is 4.69. The van der Waals surface area contributed by atoms with Gasteiger partial charge in [-0.25, -0.2) is 8.78 Å². The first-order valence-corrected chi connectivity index (χ1v) is 8.30. The number of halogens is 2. The fraction of sp³-hybridized carbons (Fsp3) is 0.200. The van der Waals surface area contributed by atoms with Gasteiger partial charge in [-0.2, -0.15) is 0 Å². The lowest BCUT2D eigenvalue weighted by Crippen LogP contribution is -2.23. The third-order valence-corrected chi connectivity index (χ3v) is 4.11. The van der Waals surface area contributed by atoms with Crippen LogP contribution in [0.2, 0.25) is 0 Å². The lowest BCUT2D eigenvalue weighted by atomic mass is 10.1. The van der Waals surface area contributed by atoms with Crippen molar-refractivity contribution in [2.45, 2.75) is 27.0 Å². The molecule has 5 nitrogen and oxygen atoms in total. The normalized spacial score (nSPS) is 10.7. The van der Waals surface area contributed by atoms with Crippen LogP contribution in [0.1, 0.15) is 32.9 Å². The molecule has 0 aliphatic carbocycles. The SMILES string of the molecule is Cc1ccc(OCc2cc(C(=O)NCc3ccc(F)cc3F)no2)cc1C. The first-order valence-electron chi connectivity index (χ1n) is 8.30. The van der Waals surface area contributed by atoms with Gasteiger partial charge in [-0.3, -0.25) is 4.79 Å². The summed E-state index contributed by atoms with van der Waals surface area (Å²) in [6.45, 7) is 4.03. The molecule has 1 N–H and O–H groups in total. The van der Waals surface area contributed by atoms with Crippen LogP contribution in [0.15, 0.2) is 47.0 Å². The Morgan fingerprint density at radius 3 is 2.67 bits per heavy atom. The van der Waals surface area contributed by atoms with Gasteiger partial charge in [-0.15, -0.1) is 0 Å². The van der Waals surface area contributed by atoms with E-state index in [9.17, 15) is 13.6 Å². The second kappa shape index (κ2) is 7.99. The average Bonchev–Trinajstić information content (AvgIpc) is 3.11. The topological polar surface area (TPSA) is 64.4 Å². The van der Waals surface area contributed by atoms with Crippen LogP contribution in [-0.4, -0.2) is 11.1 Å². The number of ether oxygens (including phenoxy) is 1. The molecular weight excluding hydrogens is 354 g/mol. The van der Waals surface area contributed by atoms with Crippen LogP contribution in [0.4, 0.5) is 8.78 Å². The lowest BCUT2D eigenvalue weighted by Gasteiger charge is -2.06. The Morgan fingerprint density at radius 2 is 1.93 bits per heavy atom. The van der Waals surface area contributed by atoms with Gasteiger partial charge in [-0.1, -0.05) is 17.3 Å². The molecule has 140 valence electrons. The minimum atomic E-state index is -0.724. The van der Waals surface area contributed by atoms with Crippen LogP contribution in [0.3, 0.4) is 0 Å². The molecule has 7 heteroatoms. The van der Waals surface area contributed by atoms with Crippen LogP contribution in [-0.2, 0) is 13.2 Å². The van der Waals surface area contributed by atoms with Gasteiger partial charge >= 0.3 is 0 Å². The second-order valence-corrected chi connectivity index (χ2v) is 6.13. The number of aryl methyl sites for hydroxylation is 2. The predicted octanol–water partition coefficient (Wildman–Crippen LogP) is 4.08. The number of hydrogen-bond donors (Lipinski definition) is 1. The summed E-state index contributed by atoms with van der Waals surface area (Å²) >= 11 is 0. The maximum atomic E-state index is 13.6. The van der Waals surface area contributed by atoms with E-state index in [1.807, 2.05) is 32.0 Å². The number of carbonyl (C=O) groups excluding carboxylic acids is 1. The van der Waals surface area contributed by atoms with E-state index in [0.29, 0.717) is 11.5 Å². The van der Waals surface area contributed by atoms with E-state index in [2.05, 4.69) is 10.5 Å². The van der Waals surface area contributed by atoms with Crippen LogP contribution in [0.25, 0.3) is 0 Å². The molecule has 3 rings (SSSR count).